The molecule has 0 bridgehead atoms. The summed E-state index contributed by atoms with van der Waals surface area (Å²) >= 11 is 0. The Hall–Kier alpha value is -1.72. The molecule has 0 amide bonds. The molecule has 2 aromatic heterocycles. The normalized spacial score (nSPS) is 17.2. The monoisotopic (exact) mass is 259 g/mol. The van der Waals surface area contributed by atoms with Crippen LogP contribution < -0.4 is 5.73 Å². The van der Waals surface area contributed by atoms with Crippen molar-refractivity contribution < 1.29 is 9.15 Å². The number of nitrogens with two attached hydrogens (primary N) is 1. The van der Waals surface area contributed by atoms with Crippen molar-refractivity contribution in [2.75, 3.05) is 19.8 Å². The average Bonchev–Trinajstić information content (AvgIpc) is 2.75. The summed E-state index contributed by atoms with van der Waals surface area (Å²) < 4.78 is 10.9. The van der Waals surface area contributed by atoms with E-state index in [4.69, 9.17) is 14.9 Å². The highest BCUT2D eigenvalue weighted by atomic mass is 16.5. The van der Waals surface area contributed by atoms with Crippen molar-refractivity contribution in [2.45, 2.75) is 19.3 Å². The molecule has 0 atom stereocenters. The van der Waals surface area contributed by atoms with E-state index in [1.165, 1.54) is 0 Å². The third kappa shape index (κ3) is 2.05. The zero-order chi connectivity index (χ0) is 13.5. The molecule has 1 aliphatic rings. The lowest BCUT2D eigenvalue weighted by Gasteiger charge is -2.39. The Bertz CT molecular complexity index is 597. The average molecular weight is 259 g/mol. The molecule has 1 aliphatic heterocycles. The van der Waals surface area contributed by atoms with Gasteiger partial charge in [0.05, 0.1) is 18.6 Å². The van der Waals surface area contributed by atoms with Gasteiger partial charge in [-0.3, -0.25) is 0 Å². The second-order valence-corrected chi connectivity index (χ2v) is 5.11. The second kappa shape index (κ2) is 4.43. The predicted molar refractivity (Wildman–Crippen MR) is 70.8 cm³/mol. The van der Waals surface area contributed by atoms with Crippen LogP contribution in [-0.4, -0.2) is 29.7 Å². The van der Waals surface area contributed by atoms with Crippen LogP contribution in [0.4, 0.5) is 0 Å². The number of aryl methyl sites for hydroxylation is 2. The standard InChI is InChI=1S/C14H17N3O2/c1-9-5-11(12-4-3-10(2)19-12)17-13(16-9)14(6-15)7-18-8-14/h3-5H,6-8,15H2,1-2H3. The maximum absolute atomic E-state index is 5.86. The SMILES string of the molecule is Cc1cc(-c2ccc(C)o2)nc(C2(CN)COC2)n1. The molecule has 5 nitrogen and oxygen atoms in total. The zero-order valence-electron chi connectivity index (χ0n) is 11.1. The van der Waals surface area contributed by atoms with Crippen LogP contribution in [0.1, 0.15) is 17.3 Å². The molecule has 2 aromatic rings. The first-order chi connectivity index (χ1) is 9.13. The van der Waals surface area contributed by atoms with E-state index in [1.807, 2.05) is 32.0 Å². The third-order valence-corrected chi connectivity index (χ3v) is 3.47. The van der Waals surface area contributed by atoms with Crippen molar-refractivity contribution >= 4 is 0 Å². The van der Waals surface area contributed by atoms with Crippen LogP contribution in [-0.2, 0) is 10.2 Å². The molecule has 0 radical (unpaired) electrons. The summed E-state index contributed by atoms with van der Waals surface area (Å²) in [7, 11) is 0. The van der Waals surface area contributed by atoms with Gasteiger partial charge in [-0.15, -0.1) is 0 Å². The lowest BCUT2D eigenvalue weighted by Crippen LogP contribution is -2.53. The Morgan fingerprint density at radius 2 is 2.05 bits per heavy atom. The molecule has 1 fully saturated rings. The summed E-state index contributed by atoms with van der Waals surface area (Å²) in [6.07, 6.45) is 0. The summed E-state index contributed by atoms with van der Waals surface area (Å²) in [5.74, 6) is 2.38. The molecule has 0 unspecified atom stereocenters. The van der Waals surface area contributed by atoms with Crippen molar-refractivity contribution in [1.29, 1.82) is 0 Å². The molecule has 1 saturated heterocycles. The maximum Gasteiger partial charge on any atom is 0.152 e. The minimum absolute atomic E-state index is 0.234. The molecule has 0 aromatic carbocycles. The van der Waals surface area contributed by atoms with E-state index in [0.29, 0.717) is 19.8 Å². The van der Waals surface area contributed by atoms with Gasteiger partial charge in [0.25, 0.3) is 0 Å². The number of rotatable bonds is 3. The molecule has 5 heteroatoms. The number of aromatic nitrogens is 2. The van der Waals surface area contributed by atoms with Crippen LogP contribution >= 0.6 is 0 Å². The van der Waals surface area contributed by atoms with Crippen LogP contribution in [0.25, 0.3) is 11.5 Å². The number of hydrogen-bond acceptors (Lipinski definition) is 5. The smallest absolute Gasteiger partial charge is 0.152 e. The molecule has 2 N–H and O–H groups in total. The van der Waals surface area contributed by atoms with E-state index < -0.39 is 0 Å². The summed E-state index contributed by atoms with van der Waals surface area (Å²) in [5, 5.41) is 0. The van der Waals surface area contributed by atoms with E-state index in [0.717, 1.165) is 28.7 Å². The van der Waals surface area contributed by atoms with Crippen molar-refractivity contribution in [2.24, 2.45) is 5.73 Å². The molecule has 19 heavy (non-hydrogen) atoms. The minimum Gasteiger partial charge on any atom is -0.460 e. The van der Waals surface area contributed by atoms with Gasteiger partial charge < -0.3 is 14.9 Å². The molecule has 0 aliphatic carbocycles. The van der Waals surface area contributed by atoms with E-state index in [9.17, 15) is 0 Å². The number of nitrogens with zero attached hydrogens (tertiary/aromatic N) is 2. The largest absolute Gasteiger partial charge is 0.460 e. The first kappa shape index (κ1) is 12.3. The summed E-state index contributed by atoms with van der Waals surface area (Å²) in [4.78, 5) is 9.14. The van der Waals surface area contributed by atoms with Crippen molar-refractivity contribution in [3.63, 3.8) is 0 Å². The molecule has 0 saturated carbocycles. The van der Waals surface area contributed by atoms with Gasteiger partial charge in [-0.2, -0.15) is 0 Å². The summed E-state index contributed by atoms with van der Waals surface area (Å²) in [6, 6.07) is 5.77. The van der Waals surface area contributed by atoms with Gasteiger partial charge in [0.2, 0.25) is 0 Å². The highest BCUT2D eigenvalue weighted by Gasteiger charge is 2.42. The fourth-order valence-electron chi connectivity index (χ4n) is 2.19. The molecule has 3 heterocycles. The summed E-state index contributed by atoms with van der Waals surface area (Å²) in [5.41, 5.74) is 7.34. The van der Waals surface area contributed by atoms with Crippen LogP contribution in [0.5, 0.6) is 0 Å². The van der Waals surface area contributed by atoms with Gasteiger partial charge >= 0.3 is 0 Å². The number of hydrogen-bond donors (Lipinski definition) is 1. The van der Waals surface area contributed by atoms with Crippen LogP contribution in [0, 0.1) is 13.8 Å². The number of furan rings is 1. The molecule has 100 valence electrons. The van der Waals surface area contributed by atoms with E-state index in [2.05, 4.69) is 9.97 Å². The minimum atomic E-state index is -0.234. The fourth-order valence-corrected chi connectivity index (χ4v) is 2.19. The second-order valence-electron chi connectivity index (χ2n) is 5.11. The van der Waals surface area contributed by atoms with Gasteiger partial charge in [-0.05, 0) is 32.0 Å². The van der Waals surface area contributed by atoms with Crippen LogP contribution in [0.2, 0.25) is 0 Å². The highest BCUT2D eigenvalue weighted by molar-refractivity contribution is 5.53. The Morgan fingerprint density at radius 3 is 2.58 bits per heavy atom. The summed E-state index contributed by atoms with van der Waals surface area (Å²) in [6.45, 7) is 5.54. The highest BCUT2D eigenvalue weighted by Crippen LogP contribution is 2.30. The Balaban J connectivity index is 2.05. The molecule has 0 spiro atoms. The fraction of sp³-hybridized carbons (Fsp3) is 0.429. The molecular weight excluding hydrogens is 242 g/mol. The molecule has 3 rings (SSSR count). The van der Waals surface area contributed by atoms with E-state index in [1.54, 1.807) is 0 Å². The van der Waals surface area contributed by atoms with Gasteiger partial charge in [0.1, 0.15) is 17.3 Å². The Kier molecular flexibility index (Phi) is 2.88. The number of ether oxygens (including phenoxy) is 1. The van der Waals surface area contributed by atoms with E-state index in [-0.39, 0.29) is 5.41 Å². The quantitative estimate of drug-likeness (QED) is 0.905. The lowest BCUT2D eigenvalue weighted by atomic mass is 9.85. The van der Waals surface area contributed by atoms with Gasteiger partial charge in [-0.25, -0.2) is 9.97 Å². The zero-order valence-corrected chi connectivity index (χ0v) is 11.1. The third-order valence-electron chi connectivity index (χ3n) is 3.47. The lowest BCUT2D eigenvalue weighted by molar-refractivity contribution is -0.0594. The van der Waals surface area contributed by atoms with Crippen molar-refractivity contribution in [3.8, 4) is 11.5 Å². The van der Waals surface area contributed by atoms with Gasteiger partial charge in [0.15, 0.2) is 5.76 Å². The first-order valence-electron chi connectivity index (χ1n) is 6.34. The predicted octanol–water partition coefficient (Wildman–Crippen LogP) is 1.58. The molecular formula is C14H17N3O2. The maximum atomic E-state index is 5.86. The van der Waals surface area contributed by atoms with Crippen molar-refractivity contribution in [3.05, 3.63) is 35.5 Å². The Labute approximate surface area is 111 Å². The van der Waals surface area contributed by atoms with Crippen LogP contribution in [0.15, 0.2) is 22.6 Å². The first-order valence-corrected chi connectivity index (χ1v) is 6.34. The van der Waals surface area contributed by atoms with Crippen LogP contribution in [0.3, 0.4) is 0 Å². The van der Waals surface area contributed by atoms with Crippen molar-refractivity contribution in [1.82, 2.24) is 9.97 Å². The van der Waals surface area contributed by atoms with E-state index >= 15 is 0 Å². The topological polar surface area (TPSA) is 74.2 Å². The Morgan fingerprint density at radius 1 is 1.26 bits per heavy atom. The van der Waals surface area contributed by atoms with Gasteiger partial charge in [-0.1, -0.05) is 0 Å². The van der Waals surface area contributed by atoms with Gasteiger partial charge in [0, 0.05) is 12.2 Å².